The Morgan fingerprint density at radius 2 is 2.10 bits per heavy atom. The van der Waals surface area contributed by atoms with Crippen LogP contribution in [0.4, 0.5) is 11.4 Å². The number of nitrogen functional groups attached to an aromatic ring is 1. The zero-order chi connectivity index (χ0) is 15.4. The highest BCUT2D eigenvalue weighted by atomic mass is 16.6. The summed E-state index contributed by atoms with van der Waals surface area (Å²) in [6.07, 6.45) is 3.99. The summed E-state index contributed by atoms with van der Waals surface area (Å²) in [6, 6.07) is 4.12. The van der Waals surface area contributed by atoms with E-state index in [2.05, 4.69) is 0 Å². The summed E-state index contributed by atoms with van der Waals surface area (Å²) >= 11 is 0. The van der Waals surface area contributed by atoms with Gasteiger partial charge in [0.1, 0.15) is 5.69 Å². The van der Waals surface area contributed by atoms with Crippen molar-refractivity contribution in [1.29, 1.82) is 0 Å². The highest BCUT2D eigenvalue weighted by Gasteiger charge is 2.27. The van der Waals surface area contributed by atoms with Crippen molar-refractivity contribution in [3.8, 4) is 0 Å². The zero-order valence-corrected chi connectivity index (χ0v) is 11.7. The maximum absolute atomic E-state index is 12.5. The van der Waals surface area contributed by atoms with E-state index >= 15 is 0 Å². The fourth-order valence-electron chi connectivity index (χ4n) is 2.79. The Balaban J connectivity index is 2.23. The predicted octanol–water partition coefficient (Wildman–Crippen LogP) is 1.55. The summed E-state index contributed by atoms with van der Waals surface area (Å²) < 4.78 is 0. The van der Waals surface area contributed by atoms with Gasteiger partial charge in [0.25, 0.3) is 11.6 Å². The lowest BCUT2D eigenvalue weighted by atomic mass is 10.1. The number of nitrogens with two attached hydrogens (primary N) is 1. The highest BCUT2D eigenvalue weighted by molar-refractivity contribution is 5.96. The Hall–Kier alpha value is -2.15. The molecule has 7 nitrogen and oxygen atoms in total. The van der Waals surface area contributed by atoms with E-state index in [1.165, 1.54) is 18.2 Å². The minimum atomic E-state index is -0.577. The summed E-state index contributed by atoms with van der Waals surface area (Å²) in [6.45, 7) is 0.158. The molecule has 0 bridgehead atoms. The topological polar surface area (TPSA) is 110 Å². The maximum Gasteiger partial charge on any atom is 0.292 e. The average Bonchev–Trinajstić information content (AvgIpc) is 2.97. The molecule has 7 heteroatoms. The van der Waals surface area contributed by atoms with Crippen molar-refractivity contribution in [2.75, 3.05) is 18.9 Å². The van der Waals surface area contributed by atoms with Gasteiger partial charge in [0.15, 0.2) is 0 Å². The van der Waals surface area contributed by atoms with Crippen LogP contribution in [-0.4, -0.2) is 40.0 Å². The summed E-state index contributed by atoms with van der Waals surface area (Å²) in [5.74, 6) is -0.238. The van der Waals surface area contributed by atoms with Crippen LogP contribution in [0.15, 0.2) is 18.2 Å². The molecular formula is C14H19N3O4. The zero-order valence-electron chi connectivity index (χ0n) is 11.7. The Kier molecular flexibility index (Phi) is 4.74. The van der Waals surface area contributed by atoms with Gasteiger partial charge in [0, 0.05) is 24.2 Å². The van der Waals surface area contributed by atoms with Crippen LogP contribution in [-0.2, 0) is 0 Å². The second kappa shape index (κ2) is 6.53. The molecule has 1 aromatic rings. The fraction of sp³-hybridized carbons (Fsp3) is 0.500. The van der Waals surface area contributed by atoms with Crippen molar-refractivity contribution >= 4 is 17.3 Å². The minimum Gasteiger partial charge on any atom is -0.395 e. The molecule has 1 aromatic carbocycles. The van der Waals surface area contributed by atoms with Crippen LogP contribution in [0.1, 0.15) is 36.0 Å². The molecule has 0 spiro atoms. The first-order valence-electron chi connectivity index (χ1n) is 7.00. The van der Waals surface area contributed by atoms with E-state index in [0.717, 1.165) is 25.7 Å². The van der Waals surface area contributed by atoms with Crippen molar-refractivity contribution in [1.82, 2.24) is 4.90 Å². The Morgan fingerprint density at radius 3 is 2.62 bits per heavy atom. The van der Waals surface area contributed by atoms with Gasteiger partial charge in [-0.15, -0.1) is 0 Å². The monoisotopic (exact) mass is 293 g/mol. The fourth-order valence-corrected chi connectivity index (χ4v) is 2.79. The van der Waals surface area contributed by atoms with Crippen LogP contribution >= 0.6 is 0 Å². The van der Waals surface area contributed by atoms with Crippen molar-refractivity contribution in [2.45, 2.75) is 31.7 Å². The van der Waals surface area contributed by atoms with E-state index in [4.69, 9.17) is 10.8 Å². The van der Waals surface area contributed by atoms with E-state index in [0.29, 0.717) is 5.56 Å². The molecule has 1 saturated carbocycles. The van der Waals surface area contributed by atoms with Gasteiger partial charge in [0.2, 0.25) is 0 Å². The van der Waals surface area contributed by atoms with Crippen molar-refractivity contribution in [3.05, 3.63) is 33.9 Å². The van der Waals surface area contributed by atoms with E-state index in [1.54, 1.807) is 4.90 Å². The van der Waals surface area contributed by atoms with Gasteiger partial charge in [-0.3, -0.25) is 14.9 Å². The summed E-state index contributed by atoms with van der Waals surface area (Å²) in [5.41, 5.74) is 5.71. The molecule has 114 valence electrons. The normalized spacial score (nSPS) is 15.1. The van der Waals surface area contributed by atoms with Crippen molar-refractivity contribution in [2.24, 2.45) is 0 Å². The number of amides is 1. The molecule has 0 atom stereocenters. The first-order chi connectivity index (χ1) is 10.0. The van der Waals surface area contributed by atoms with Gasteiger partial charge in [-0.25, -0.2) is 0 Å². The number of nitrogens with zero attached hydrogens (tertiary/aromatic N) is 2. The van der Waals surface area contributed by atoms with Gasteiger partial charge in [-0.1, -0.05) is 12.8 Å². The number of carbonyl (C=O) groups excluding carboxylic acids is 1. The van der Waals surface area contributed by atoms with Gasteiger partial charge < -0.3 is 15.7 Å². The molecular weight excluding hydrogens is 274 g/mol. The smallest absolute Gasteiger partial charge is 0.292 e. The van der Waals surface area contributed by atoms with Crippen LogP contribution < -0.4 is 5.73 Å². The number of benzene rings is 1. The second-order valence-electron chi connectivity index (χ2n) is 5.19. The molecule has 0 unspecified atom stereocenters. The predicted molar refractivity (Wildman–Crippen MR) is 77.9 cm³/mol. The molecule has 21 heavy (non-hydrogen) atoms. The summed E-state index contributed by atoms with van der Waals surface area (Å²) in [5, 5.41) is 19.9. The van der Waals surface area contributed by atoms with Gasteiger partial charge in [0.05, 0.1) is 11.5 Å². The van der Waals surface area contributed by atoms with Crippen LogP contribution in [0.25, 0.3) is 0 Å². The number of rotatable bonds is 5. The van der Waals surface area contributed by atoms with Gasteiger partial charge in [-0.05, 0) is 25.0 Å². The first-order valence-corrected chi connectivity index (χ1v) is 7.00. The molecule has 1 amide bonds. The number of hydrogen-bond acceptors (Lipinski definition) is 5. The molecule has 0 radical (unpaired) electrons. The molecule has 1 fully saturated rings. The lowest BCUT2D eigenvalue weighted by Gasteiger charge is -2.28. The third kappa shape index (κ3) is 3.30. The third-order valence-corrected chi connectivity index (χ3v) is 3.84. The van der Waals surface area contributed by atoms with E-state index in [1.807, 2.05) is 0 Å². The molecule has 0 saturated heterocycles. The average molecular weight is 293 g/mol. The number of aliphatic hydroxyl groups is 1. The number of anilines is 1. The lowest BCUT2D eigenvalue weighted by molar-refractivity contribution is -0.383. The Bertz CT molecular complexity index is 541. The van der Waals surface area contributed by atoms with E-state index in [9.17, 15) is 14.9 Å². The SMILES string of the molecule is Nc1cc(C(=O)N(CCO)C2CCCC2)ccc1[N+](=O)[O-]. The van der Waals surface area contributed by atoms with Crippen molar-refractivity contribution in [3.63, 3.8) is 0 Å². The first kappa shape index (κ1) is 15.2. The number of aliphatic hydroxyl groups excluding tert-OH is 1. The molecule has 0 heterocycles. The van der Waals surface area contributed by atoms with Crippen LogP contribution in [0, 0.1) is 10.1 Å². The molecule has 1 aliphatic rings. The molecule has 3 N–H and O–H groups in total. The molecule has 0 aromatic heterocycles. The number of nitro benzene ring substituents is 1. The van der Waals surface area contributed by atoms with Crippen LogP contribution in [0.2, 0.25) is 0 Å². The van der Waals surface area contributed by atoms with Crippen LogP contribution in [0.3, 0.4) is 0 Å². The molecule has 0 aliphatic heterocycles. The van der Waals surface area contributed by atoms with E-state index in [-0.39, 0.29) is 36.5 Å². The Morgan fingerprint density at radius 1 is 1.43 bits per heavy atom. The Labute approximate surface area is 122 Å². The molecule has 1 aliphatic carbocycles. The number of hydrogen-bond donors (Lipinski definition) is 2. The standard InChI is InChI=1S/C14H19N3O4/c15-12-9-10(5-6-13(12)17(20)21)14(19)16(7-8-18)11-3-1-2-4-11/h5-6,9,11,18H,1-4,7-8,15H2. The van der Waals surface area contributed by atoms with Crippen LogP contribution in [0.5, 0.6) is 0 Å². The molecule has 2 rings (SSSR count). The lowest BCUT2D eigenvalue weighted by Crippen LogP contribution is -2.40. The maximum atomic E-state index is 12.5. The minimum absolute atomic E-state index is 0.0266. The number of nitro groups is 1. The van der Waals surface area contributed by atoms with Crippen molar-refractivity contribution < 1.29 is 14.8 Å². The van der Waals surface area contributed by atoms with E-state index < -0.39 is 4.92 Å². The summed E-state index contributed by atoms with van der Waals surface area (Å²) in [4.78, 5) is 24.4. The second-order valence-corrected chi connectivity index (χ2v) is 5.19. The quantitative estimate of drug-likeness (QED) is 0.486. The van der Waals surface area contributed by atoms with Gasteiger partial charge >= 0.3 is 0 Å². The largest absolute Gasteiger partial charge is 0.395 e. The third-order valence-electron chi connectivity index (χ3n) is 3.84. The number of carbonyl (C=O) groups is 1. The van der Waals surface area contributed by atoms with Gasteiger partial charge in [-0.2, -0.15) is 0 Å². The summed E-state index contributed by atoms with van der Waals surface area (Å²) in [7, 11) is 0. The highest BCUT2D eigenvalue weighted by Crippen LogP contribution is 2.27.